The summed E-state index contributed by atoms with van der Waals surface area (Å²) < 4.78 is 10.5. The standard InChI is InChI=1S/C15H22N2O4.ClH/c1-16-14(20-2)10-11-5-6-12(18)13(9-11)21-15(19)17-7-3-4-8-17;/h5-6,9,14,16,18H,3-4,7-8,10H2,1-2H3;1H/t14-;/m0./s1. The number of likely N-dealkylation sites (N-methyl/N-ethyl adjacent to an activating group) is 1. The van der Waals surface area contributed by atoms with Crippen molar-refractivity contribution in [1.29, 1.82) is 0 Å². The summed E-state index contributed by atoms with van der Waals surface area (Å²) in [5, 5.41) is 12.9. The van der Waals surface area contributed by atoms with Gasteiger partial charge in [-0.3, -0.25) is 5.32 Å². The van der Waals surface area contributed by atoms with Crippen LogP contribution in [0.15, 0.2) is 18.2 Å². The highest BCUT2D eigenvalue weighted by Crippen LogP contribution is 2.28. The Morgan fingerprint density at radius 3 is 2.68 bits per heavy atom. The van der Waals surface area contributed by atoms with E-state index in [1.807, 2.05) is 7.05 Å². The van der Waals surface area contributed by atoms with Gasteiger partial charge in [-0.25, -0.2) is 4.79 Å². The minimum absolute atomic E-state index is 0. The van der Waals surface area contributed by atoms with Crippen LogP contribution in [0.2, 0.25) is 0 Å². The average Bonchev–Trinajstić information content (AvgIpc) is 3.02. The quantitative estimate of drug-likeness (QED) is 0.809. The molecule has 2 N–H and O–H groups in total. The summed E-state index contributed by atoms with van der Waals surface area (Å²) in [4.78, 5) is 13.6. The van der Waals surface area contributed by atoms with Crippen molar-refractivity contribution in [3.05, 3.63) is 23.8 Å². The van der Waals surface area contributed by atoms with E-state index in [0.717, 1.165) is 18.4 Å². The van der Waals surface area contributed by atoms with Crippen LogP contribution in [0.5, 0.6) is 11.5 Å². The molecule has 1 aromatic rings. The molecule has 1 fully saturated rings. The van der Waals surface area contributed by atoms with Crippen LogP contribution >= 0.6 is 12.4 Å². The number of aromatic hydroxyl groups is 1. The van der Waals surface area contributed by atoms with E-state index < -0.39 is 6.09 Å². The van der Waals surface area contributed by atoms with Crippen LogP contribution in [0.25, 0.3) is 0 Å². The summed E-state index contributed by atoms with van der Waals surface area (Å²) in [6.45, 7) is 1.43. The van der Waals surface area contributed by atoms with Gasteiger partial charge in [0, 0.05) is 26.6 Å². The van der Waals surface area contributed by atoms with Crippen molar-refractivity contribution in [3.63, 3.8) is 0 Å². The number of nitrogens with zero attached hydrogens (tertiary/aromatic N) is 1. The summed E-state index contributed by atoms with van der Waals surface area (Å²) in [6.07, 6.45) is 2.08. The van der Waals surface area contributed by atoms with E-state index in [1.54, 1.807) is 24.1 Å². The van der Waals surface area contributed by atoms with E-state index in [2.05, 4.69) is 5.32 Å². The number of phenolic OH excluding ortho intramolecular Hbond substituents is 1. The second kappa shape index (κ2) is 8.82. The summed E-state index contributed by atoms with van der Waals surface area (Å²) in [6, 6.07) is 4.99. The maximum absolute atomic E-state index is 12.0. The Labute approximate surface area is 136 Å². The lowest BCUT2D eigenvalue weighted by atomic mass is 10.1. The number of carbonyl (C=O) groups excluding carboxylic acids is 1. The van der Waals surface area contributed by atoms with Gasteiger partial charge in [0.05, 0.1) is 0 Å². The zero-order chi connectivity index (χ0) is 15.2. The maximum atomic E-state index is 12.0. The molecule has 0 saturated carbocycles. The number of likely N-dealkylation sites (tertiary alicyclic amines) is 1. The van der Waals surface area contributed by atoms with Gasteiger partial charge >= 0.3 is 6.09 Å². The smallest absolute Gasteiger partial charge is 0.415 e. The Morgan fingerprint density at radius 2 is 2.09 bits per heavy atom. The number of amides is 1. The van der Waals surface area contributed by atoms with Gasteiger partial charge in [0.2, 0.25) is 0 Å². The molecule has 1 aliphatic rings. The van der Waals surface area contributed by atoms with E-state index in [-0.39, 0.29) is 30.1 Å². The Hall–Kier alpha value is -1.50. The van der Waals surface area contributed by atoms with Gasteiger partial charge in [-0.15, -0.1) is 12.4 Å². The normalized spacial score (nSPS) is 15.3. The van der Waals surface area contributed by atoms with Crippen molar-refractivity contribution in [2.45, 2.75) is 25.5 Å². The summed E-state index contributed by atoms with van der Waals surface area (Å²) in [5.41, 5.74) is 0.915. The fourth-order valence-electron chi connectivity index (χ4n) is 2.34. The Morgan fingerprint density at radius 1 is 1.41 bits per heavy atom. The summed E-state index contributed by atoms with van der Waals surface area (Å²) >= 11 is 0. The molecule has 0 aliphatic carbocycles. The summed E-state index contributed by atoms with van der Waals surface area (Å²) in [5.74, 6) is 0.153. The first-order chi connectivity index (χ1) is 10.1. The lowest BCUT2D eigenvalue weighted by Crippen LogP contribution is -2.31. The van der Waals surface area contributed by atoms with Gasteiger partial charge in [0.1, 0.15) is 6.23 Å². The summed E-state index contributed by atoms with van der Waals surface area (Å²) in [7, 11) is 3.43. The molecule has 6 nitrogen and oxygen atoms in total. The Balaban J connectivity index is 0.00000242. The van der Waals surface area contributed by atoms with Gasteiger partial charge in [-0.2, -0.15) is 0 Å². The minimum atomic E-state index is -0.406. The van der Waals surface area contributed by atoms with E-state index in [0.29, 0.717) is 19.5 Å². The van der Waals surface area contributed by atoms with Crippen LogP contribution in [0.1, 0.15) is 18.4 Å². The molecule has 0 unspecified atom stereocenters. The molecule has 124 valence electrons. The number of rotatable bonds is 5. The SMILES string of the molecule is CN[C@H](Cc1ccc(O)c(OC(=O)N2CCCC2)c1)OC.Cl. The van der Waals surface area contributed by atoms with Crippen LogP contribution < -0.4 is 10.1 Å². The zero-order valence-corrected chi connectivity index (χ0v) is 13.7. The van der Waals surface area contributed by atoms with Gasteiger partial charge in [-0.1, -0.05) is 6.07 Å². The molecule has 0 radical (unpaired) electrons. The number of benzene rings is 1. The average molecular weight is 331 g/mol. The highest BCUT2D eigenvalue weighted by molar-refractivity contribution is 5.85. The van der Waals surface area contributed by atoms with Crippen LogP contribution in [0.4, 0.5) is 4.79 Å². The fraction of sp³-hybridized carbons (Fsp3) is 0.533. The molecule has 1 atom stereocenters. The van der Waals surface area contributed by atoms with Crippen molar-refractivity contribution in [1.82, 2.24) is 10.2 Å². The van der Waals surface area contributed by atoms with Gasteiger partial charge < -0.3 is 19.5 Å². The first-order valence-corrected chi connectivity index (χ1v) is 7.12. The van der Waals surface area contributed by atoms with E-state index in [4.69, 9.17) is 9.47 Å². The second-order valence-electron chi connectivity index (χ2n) is 5.08. The number of carbonyl (C=O) groups is 1. The zero-order valence-electron chi connectivity index (χ0n) is 12.9. The van der Waals surface area contributed by atoms with Gasteiger partial charge in [-0.05, 0) is 37.6 Å². The molecule has 1 aliphatic heterocycles. The molecule has 1 aromatic carbocycles. The predicted octanol–water partition coefficient (Wildman–Crippen LogP) is 2.14. The predicted molar refractivity (Wildman–Crippen MR) is 85.7 cm³/mol. The molecular weight excluding hydrogens is 308 g/mol. The monoisotopic (exact) mass is 330 g/mol. The molecule has 1 saturated heterocycles. The third kappa shape index (κ3) is 4.76. The first kappa shape index (κ1) is 18.5. The highest BCUT2D eigenvalue weighted by atomic mass is 35.5. The van der Waals surface area contributed by atoms with Crippen molar-refractivity contribution < 1.29 is 19.4 Å². The molecule has 1 amide bonds. The number of phenols is 1. The molecule has 7 heteroatoms. The van der Waals surface area contributed by atoms with E-state index in [1.165, 1.54) is 6.07 Å². The number of halogens is 1. The van der Waals surface area contributed by atoms with E-state index in [9.17, 15) is 9.90 Å². The van der Waals surface area contributed by atoms with Crippen molar-refractivity contribution in [2.24, 2.45) is 0 Å². The van der Waals surface area contributed by atoms with Crippen molar-refractivity contribution in [2.75, 3.05) is 27.2 Å². The van der Waals surface area contributed by atoms with Crippen molar-refractivity contribution in [3.8, 4) is 11.5 Å². The molecular formula is C15H23ClN2O4. The van der Waals surface area contributed by atoms with Crippen LogP contribution in [-0.2, 0) is 11.2 Å². The molecule has 1 heterocycles. The maximum Gasteiger partial charge on any atom is 0.415 e. The first-order valence-electron chi connectivity index (χ1n) is 7.12. The van der Waals surface area contributed by atoms with Gasteiger partial charge in [0.25, 0.3) is 0 Å². The molecule has 0 spiro atoms. The Kier molecular flexibility index (Phi) is 7.44. The van der Waals surface area contributed by atoms with Crippen LogP contribution in [0.3, 0.4) is 0 Å². The number of methoxy groups -OCH3 is 1. The second-order valence-corrected chi connectivity index (χ2v) is 5.08. The fourth-order valence-corrected chi connectivity index (χ4v) is 2.34. The molecule has 22 heavy (non-hydrogen) atoms. The third-order valence-corrected chi connectivity index (χ3v) is 3.61. The Bertz CT molecular complexity index is 488. The molecule has 0 bridgehead atoms. The minimum Gasteiger partial charge on any atom is -0.504 e. The topological polar surface area (TPSA) is 71.0 Å². The van der Waals surface area contributed by atoms with Crippen LogP contribution in [0, 0.1) is 0 Å². The number of hydrogen-bond donors (Lipinski definition) is 2. The lowest BCUT2D eigenvalue weighted by Gasteiger charge is -2.17. The number of hydrogen-bond acceptors (Lipinski definition) is 5. The lowest BCUT2D eigenvalue weighted by molar-refractivity contribution is 0.0812. The molecule has 2 rings (SSSR count). The van der Waals surface area contributed by atoms with Gasteiger partial charge in [0.15, 0.2) is 11.5 Å². The van der Waals surface area contributed by atoms with E-state index >= 15 is 0 Å². The molecule has 0 aromatic heterocycles. The number of ether oxygens (including phenoxy) is 2. The largest absolute Gasteiger partial charge is 0.504 e. The van der Waals surface area contributed by atoms with Crippen LogP contribution in [-0.4, -0.2) is 49.6 Å². The van der Waals surface area contributed by atoms with Crippen molar-refractivity contribution >= 4 is 18.5 Å². The highest BCUT2D eigenvalue weighted by Gasteiger charge is 2.21. The number of nitrogens with one attached hydrogen (secondary N) is 1. The third-order valence-electron chi connectivity index (χ3n) is 3.61.